The average Bonchev–Trinajstić information content (AvgIpc) is 2.65. The van der Waals surface area contributed by atoms with Gasteiger partial charge < -0.3 is 5.11 Å². The van der Waals surface area contributed by atoms with Gasteiger partial charge in [0.15, 0.2) is 0 Å². The summed E-state index contributed by atoms with van der Waals surface area (Å²) in [6, 6.07) is 1.71. The molecule has 1 N–H and O–H groups in total. The third-order valence-electron chi connectivity index (χ3n) is 1.77. The van der Waals surface area contributed by atoms with Gasteiger partial charge in [0.1, 0.15) is 16.5 Å². The fourth-order valence-corrected chi connectivity index (χ4v) is 2.22. The van der Waals surface area contributed by atoms with E-state index in [-0.39, 0.29) is 11.9 Å². The van der Waals surface area contributed by atoms with Crippen LogP contribution < -0.4 is 0 Å². The number of rotatable bonds is 3. The van der Waals surface area contributed by atoms with Crippen molar-refractivity contribution < 1.29 is 5.11 Å². The van der Waals surface area contributed by atoms with Crippen molar-refractivity contribution in [2.75, 3.05) is 6.61 Å². The number of aromatic nitrogens is 4. The van der Waals surface area contributed by atoms with Crippen LogP contribution in [-0.2, 0) is 0 Å². The summed E-state index contributed by atoms with van der Waals surface area (Å²) >= 11 is 7.32. The van der Waals surface area contributed by atoms with Crippen molar-refractivity contribution in [3.8, 4) is 0 Å². The van der Waals surface area contributed by atoms with Gasteiger partial charge in [-0.05, 0) is 0 Å². The van der Waals surface area contributed by atoms with Gasteiger partial charge in [0.05, 0.1) is 6.61 Å². The van der Waals surface area contributed by atoms with Crippen molar-refractivity contribution in [3.63, 3.8) is 0 Å². The number of fused-ring (bicyclic) bond motifs is 1. The number of aliphatic hydroxyl groups excluding tert-OH is 1. The van der Waals surface area contributed by atoms with Crippen LogP contribution in [0.2, 0.25) is 5.15 Å². The quantitative estimate of drug-likeness (QED) is 0.650. The number of halogens is 1. The summed E-state index contributed by atoms with van der Waals surface area (Å²) in [7, 11) is 0. The second-order valence-corrected chi connectivity index (χ2v) is 4.85. The first-order chi connectivity index (χ1) is 7.20. The Kier molecular flexibility index (Phi) is 3.08. The number of nitrogens with zero attached hydrogens (tertiary/aromatic N) is 4. The zero-order valence-electron chi connectivity index (χ0n) is 7.96. The fourth-order valence-electron chi connectivity index (χ4n) is 1.09. The molecule has 0 amide bonds. The van der Waals surface area contributed by atoms with Crippen LogP contribution in [0.4, 0.5) is 0 Å². The van der Waals surface area contributed by atoms with Gasteiger partial charge in [-0.1, -0.05) is 18.5 Å². The van der Waals surface area contributed by atoms with Gasteiger partial charge in [0.25, 0.3) is 5.78 Å². The highest BCUT2D eigenvalue weighted by atomic mass is 35.5. The van der Waals surface area contributed by atoms with Crippen molar-refractivity contribution in [2.24, 2.45) is 0 Å². The van der Waals surface area contributed by atoms with E-state index in [2.05, 4.69) is 15.1 Å². The van der Waals surface area contributed by atoms with Crippen LogP contribution in [0.3, 0.4) is 0 Å². The fraction of sp³-hybridized carbons (Fsp3) is 0.375. The third kappa shape index (κ3) is 2.22. The second kappa shape index (κ2) is 4.34. The molecule has 2 heterocycles. The molecule has 0 fully saturated rings. The normalized spacial score (nSPS) is 13.3. The molecule has 0 aliphatic rings. The molecule has 0 radical (unpaired) electrons. The summed E-state index contributed by atoms with van der Waals surface area (Å²) in [4.78, 5) is 7.96. The number of aliphatic hydroxyl groups is 1. The molecule has 0 aliphatic carbocycles. The summed E-state index contributed by atoms with van der Waals surface area (Å²) in [5.74, 6) is 0.468. The van der Waals surface area contributed by atoms with Crippen LogP contribution in [0, 0.1) is 0 Å². The van der Waals surface area contributed by atoms with E-state index in [9.17, 15) is 0 Å². The maximum atomic E-state index is 8.97. The molecule has 1 unspecified atom stereocenters. The minimum Gasteiger partial charge on any atom is -0.395 e. The first-order valence-corrected chi connectivity index (χ1v) is 5.60. The predicted octanol–water partition coefficient (Wildman–Crippen LogP) is 1.25. The third-order valence-corrected chi connectivity index (χ3v) is 3.04. The van der Waals surface area contributed by atoms with E-state index in [1.54, 1.807) is 10.6 Å². The van der Waals surface area contributed by atoms with Crippen molar-refractivity contribution >= 4 is 29.1 Å². The SMILES string of the molecule is CC(CO)Sc1cc(Cl)nc2ncnn12. The molecule has 0 aromatic carbocycles. The molecule has 15 heavy (non-hydrogen) atoms. The lowest BCUT2D eigenvalue weighted by Gasteiger charge is -2.08. The second-order valence-electron chi connectivity index (χ2n) is 3.00. The molecule has 0 bridgehead atoms. The largest absolute Gasteiger partial charge is 0.395 e. The molecule has 2 aromatic rings. The van der Waals surface area contributed by atoms with E-state index in [0.29, 0.717) is 10.9 Å². The van der Waals surface area contributed by atoms with Gasteiger partial charge in [0.2, 0.25) is 0 Å². The Hall–Kier alpha value is -0.850. The molecule has 0 spiro atoms. The number of hydrogen-bond donors (Lipinski definition) is 1. The van der Waals surface area contributed by atoms with Gasteiger partial charge in [-0.15, -0.1) is 11.8 Å². The Bertz CT molecular complexity index is 475. The molecule has 2 aromatic heterocycles. The van der Waals surface area contributed by atoms with Crippen LogP contribution in [-0.4, -0.2) is 36.5 Å². The minimum absolute atomic E-state index is 0.0795. The molecular formula is C8H9ClN4OS. The smallest absolute Gasteiger partial charge is 0.254 e. The molecule has 7 heteroatoms. The Morgan fingerprint density at radius 1 is 1.67 bits per heavy atom. The first kappa shape index (κ1) is 10.7. The molecule has 0 saturated heterocycles. The van der Waals surface area contributed by atoms with Gasteiger partial charge >= 0.3 is 0 Å². The molecular weight excluding hydrogens is 236 g/mol. The lowest BCUT2D eigenvalue weighted by Crippen LogP contribution is -2.05. The van der Waals surface area contributed by atoms with E-state index < -0.39 is 0 Å². The van der Waals surface area contributed by atoms with E-state index in [4.69, 9.17) is 16.7 Å². The van der Waals surface area contributed by atoms with Gasteiger partial charge in [0, 0.05) is 11.3 Å². The zero-order valence-corrected chi connectivity index (χ0v) is 9.53. The van der Waals surface area contributed by atoms with E-state index in [1.165, 1.54) is 18.1 Å². The maximum Gasteiger partial charge on any atom is 0.254 e. The average molecular weight is 245 g/mol. The molecule has 2 rings (SSSR count). The van der Waals surface area contributed by atoms with Crippen LogP contribution in [0.15, 0.2) is 17.4 Å². The summed E-state index contributed by atoms with van der Waals surface area (Å²) in [6.07, 6.45) is 1.42. The summed E-state index contributed by atoms with van der Waals surface area (Å²) in [6.45, 7) is 2.02. The van der Waals surface area contributed by atoms with Crippen LogP contribution in [0.25, 0.3) is 5.78 Å². The van der Waals surface area contributed by atoms with E-state index in [1.807, 2.05) is 6.92 Å². The van der Waals surface area contributed by atoms with Crippen molar-refractivity contribution in [1.29, 1.82) is 0 Å². The Labute approximate surface area is 95.5 Å². The summed E-state index contributed by atoms with van der Waals surface area (Å²) in [5.41, 5.74) is 0. The van der Waals surface area contributed by atoms with Crippen molar-refractivity contribution in [1.82, 2.24) is 19.6 Å². The maximum absolute atomic E-state index is 8.97. The monoisotopic (exact) mass is 244 g/mol. The molecule has 1 atom stereocenters. The van der Waals surface area contributed by atoms with Crippen LogP contribution in [0.1, 0.15) is 6.92 Å². The van der Waals surface area contributed by atoms with Crippen LogP contribution in [0.5, 0.6) is 0 Å². The zero-order chi connectivity index (χ0) is 10.8. The van der Waals surface area contributed by atoms with Gasteiger partial charge in [-0.25, -0.2) is 0 Å². The molecule has 80 valence electrons. The van der Waals surface area contributed by atoms with Gasteiger partial charge in [-0.3, -0.25) is 0 Å². The van der Waals surface area contributed by atoms with Crippen LogP contribution >= 0.6 is 23.4 Å². The van der Waals surface area contributed by atoms with Crippen molar-refractivity contribution in [3.05, 3.63) is 17.5 Å². The summed E-state index contributed by atoms with van der Waals surface area (Å²) in [5, 5.41) is 14.3. The lowest BCUT2D eigenvalue weighted by molar-refractivity contribution is 0.300. The first-order valence-electron chi connectivity index (χ1n) is 4.34. The highest BCUT2D eigenvalue weighted by Gasteiger charge is 2.10. The molecule has 0 saturated carbocycles. The minimum atomic E-state index is 0.0795. The Balaban J connectivity index is 2.44. The van der Waals surface area contributed by atoms with E-state index >= 15 is 0 Å². The highest BCUT2D eigenvalue weighted by Crippen LogP contribution is 2.24. The summed E-state index contributed by atoms with van der Waals surface area (Å²) < 4.78 is 1.60. The highest BCUT2D eigenvalue weighted by molar-refractivity contribution is 7.99. The molecule has 0 aliphatic heterocycles. The topological polar surface area (TPSA) is 63.3 Å². The number of thioether (sulfide) groups is 1. The van der Waals surface area contributed by atoms with E-state index in [0.717, 1.165) is 5.03 Å². The lowest BCUT2D eigenvalue weighted by atomic mass is 10.5. The standard InChI is InChI=1S/C8H9ClN4OS/c1-5(3-14)15-7-2-6(9)12-8-10-4-11-13(7)8/h2,4-5,14H,3H2,1H3. The number of hydrogen-bond acceptors (Lipinski definition) is 5. The Morgan fingerprint density at radius 3 is 3.20 bits per heavy atom. The molecule has 5 nitrogen and oxygen atoms in total. The Morgan fingerprint density at radius 2 is 2.47 bits per heavy atom. The van der Waals surface area contributed by atoms with Gasteiger partial charge in [-0.2, -0.15) is 19.6 Å². The van der Waals surface area contributed by atoms with Crippen molar-refractivity contribution in [2.45, 2.75) is 17.2 Å². The predicted molar refractivity (Wildman–Crippen MR) is 58.2 cm³/mol.